The molecule has 30 heavy (non-hydrogen) atoms. The first kappa shape index (κ1) is 20.5. The summed E-state index contributed by atoms with van der Waals surface area (Å²) in [6, 6.07) is 15.5. The standard InChI is InChI=1S/C23H24N2O4S/c26-22(9-10-24-23(27)21-6-3-15-30-21)29-20-8-7-17-4-1-2-5-18(17)19(20)16-25-11-13-28-14-12-25/h1-8,15H,9-14,16H2,(H,24,27). The molecule has 0 bridgehead atoms. The first-order chi connectivity index (χ1) is 14.7. The summed E-state index contributed by atoms with van der Waals surface area (Å²) in [7, 11) is 0. The van der Waals surface area contributed by atoms with Gasteiger partial charge in [0.15, 0.2) is 0 Å². The lowest BCUT2D eigenvalue weighted by Crippen LogP contribution is -2.35. The van der Waals surface area contributed by atoms with Gasteiger partial charge in [-0.05, 0) is 28.3 Å². The highest BCUT2D eigenvalue weighted by Crippen LogP contribution is 2.30. The summed E-state index contributed by atoms with van der Waals surface area (Å²) in [5.41, 5.74) is 1.01. The Morgan fingerprint density at radius 2 is 1.90 bits per heavy atom. The van der Waals surface area contributed by atoms with Gasteiger partial charge in [-0.3, -0.25) is 14.5 Å². The minimum absolute atomic E-state index is 0.112. The minimum atomic E-state index is -0.361. The molecule has 1 amide bonds. The smallest absolute Gasteiger partial charge is 0.312 e. The molecule has 0 atom stereocenters. The number of carbonyl (C=O) groups excluding carboxylic acids is 2. The number of hydrogen-bond donors (Lipinski definition) is 1. The van der Waals surface area contributed by atoms with Crippen LogP contribution in [0.5, 0.6) is 5.75 Å². The highest BCUT2D eigenvalue weighted by molar-refractivity contribution is 7.12. The Hall–Kier alpha value is -2.74. The van der Waals surface area contributed by atoms with E-state index < -0.39 is 0 Å². The van der Waals surface area contributed by atoms with Gasteiger partial charge in [-0.25, -0.2) is 0 Å². The summed E-state index contributed by atoms with van der Waals surface area (Å²) < 4.78 is 11.2. The SMILES string of the molecule is O=C(CCNC(=O)c1cccs1)Oc1ccc2ccccc2c1CN1CCOCC1. The Kier molecular flexibility index (Phi) is 6.74. The van der Waals surface area contributed by atoms with E-state index in [4.69, 9.17) is 9.47 Å². The number of thiophene rings is 1. The quantitative estimate of drug-likeness (QED) is 0.465. The lowest BCUT2D eigenvalue weighted by molar-refractivity contribution is -0.134. The maximum atomic E-state index is 12.5. The topological polar surface area (TPSA) is 67.9 Å². The molecule has 1 N–H and O–H groups in total. The van der Waals surface area contributed by atoms with Crippen molar-refractivity contribution in [1.82, 2.24) is 10.2 Å². The lowest BCUT2D eigenvalue weighted by atomic mass is 10.0. The molecule has 1 saturated heterocycles. The van der Waals surface area contributed by atoms with Crippen molar-refractivity contribution in [3.8, 4) is 5.75 Å². The zero-order chi connectivity index (χ0) is 20.8. The van der Waals surface area contributed by atoms with Crippen molar-refractivity contribution in [3.05, 3.63) is 64.4 Å². The largest absolute Gasteiger partial charge is 0.426 e. The predicted molar refractivity (Wildman–Crippen MR) is 117 cm³/mol. The number of fused-ring (bicyclic) bond motifs is 1. The Morgan fingerprint density at radius 3 is 2.70 bits per heavy atom. The molecule has 6 nitrogen and oxygen atoms in total. The predicted octanol–water partition coefficient (Wildman–Crippen LogP) is 3.46. The molecule has 0 radical (unpaired) electrons. The number of hydrogen-bond acceptors (Lipinski definition) is 6. The van der Waals surface area contributed by atoms with Gasteiger partial charge in [0.05, 0.1) is 24.5 Å². The molecule has 4 rings (SSSR count). The number of amides is 1. The Morgan fingerprint density at radius 1 is 1.07 bits per heavy atom. The van der Waals surface area contributed by atoms with Crippen LogP contribution in [0, 0.1) is 0 Å². The van der Waals surface area contributed by atoms with Gasteiger partial charge in [-0.15, -0.1) is 11.3 Å². The number of ether oxygens (including phenoxy) is 2. The minimum Gasteiger partial charge on any atom is -0.426 e. The van der Waals surface area contributed by atoms with Crippen LogP contribution >= 0.6 is 11.3 Å². The number of carbonyl (C=O) groups is 2. The Balaban J connectivity index is 1.43. The third-order valence-corrected chi connectivity index (χ3v) is 5.94. The van der Waals surface area contributed by atoms with Crippen LogP contribution in [0.1, 0.15) is 21.7 Å². The van der Waals surface area contributed by atoms with Crippen LogP contribution in [-0.4, -0.2) is 49.6 Å². The Labute approximate surface area is 179 Å². The summed E-state index contributed by atoms with van der Waals surface area (Å²) >= 11 is 1.37. The van der Waals surface area contributed by atoms with Gasteiger partial charge < -0.3 is 14.8 Å². The number of benzene rings is 2. The van der Waals surface area contributed by atoms with Crippen LogP contribution in [0.25, 0.3) is 10.8 Å². The van der Waals surface area contributed by atoms with Crippen molar-refractivity contribution < 1.29 is 19.1 Å². The highest BCUT2D eigenvalue weighted by atomic mass is 32.1. The van der Waals surface area contributed by atoms with Gasteiger partial charge in [0.2, 0.25) is 0 Å². The number of morpholine rings is 1. The molecular weight excluding hydrogens is 400 g/mol. The summed E-state index contributed by atoms with van der Waals surface area (Å²) in [5, 5.41) is 6.80. The van der Waals surface area contributed by atoms with Crippen LogP contribution < -0.4 is 10.1 Å². The molecule has 0 saturated carbocycles. The average Bonchev–Trinajstić information content (AvgIpc) is 3.31. The molecule has 0 spiro atoms. The maximum absolute atomic E-state index is 12.5. The van der Waals surface area contributed by atoms with Gasteiger partial charge in [0, 0.05) is 31.7 Å². The third kappa shape index (κ3) is 5.05. The van der Waals surface area contributed by atoms with Gasteiger partial charge >= 0.3 is 5.97 Å². The van der Waals surface area contributed by atoms with Crippen molar-refractivity contribution in [1.29, 1.82) is 0 Å². The van der Waals surface area contributed by atoms with E-state index in [-0.39, 0.29) is 24.8 Å². The van der Waals surface area contributed by atoms with E-state index in [0.717, 1.165) is 29.4 Å². The van der Waals surface area contributed by atoms with E-state index >= 15 is 0 Å². The molecule has 1 aliphatic rings. The number of esters is 1. The van der Waals surface area contributed by atoms with E-state index in [0.29, 0.717) is 30.4 Å². The second-order valence-corrected chi connectivity index (χ2v) is 8.06. The van der Waals surface area contributed by atoms with Gasteiger partial charge in [0.1, 0.15) is 5.75 Å². The summed E-state index contributed by atoms with van der Waals surface area (Å²) in [4.78, 5) is 27.4. The first-order valence-electron chi connectivity index (χ1n) is 10.0. The lowest BCUT2D eigenvalue weighted by Gasteiger charge is -2.27. The molecule has 1 fully saturated rings. The average molecular weight is 425 g/mol. The molecule has 7 heteroatoms. The normalized spacial score (nSPS) is 14.5. The first-order valence-corrected chi connectivity index (χ1v) is 10.9. The van der Waals surface area contributed by atoms with Crippen molar-refractivity contribution in [2.75, 3.05) is 32.8 Å². The molecule has 2 heterocycles. The second-order valence-electron chi connectivity index (χ2n) is 7.11. The van der Waals surface area contributed by atoms with Gasteiger partial charge in [-0.1, -0.05) is 36.4 Å². The molecule has 0 aliphatic carbocycles. The Bertz CT molecular complexity index is 1010. The van der Waals surface area contributed by atoms with Crippen molar-refractivity contribution in [2.24, 2.45) is 0 Å². The molecule has 1 aliphatic heterocycles. The van der Waals surface area contributed by atoms with Crippen molar-refractivity contribution in [2.45, 2.75) is 13.0 Å². The monoisotopic (exact) mass is 424 g/mol. The second kappa shape index (κ2) is 9.84. The zero-order valence-electron chi connectivity index (χ0n) is 16.6. The fraction of sp³-hybridized carbons (Fsp3) is 0.304. The molecule has 2 aromatic carbocycles. The van der Waals surface area contributed by atoms with Gasteiger partial charge in [0.25, 0.3) is 5.91 Å². The maximum Gasteiger partial charge on any atom is 0.312 e. The fourth-order valence-corrected chi connectivity index (χ4v) is 4.14. The van der Waals surface area contributed by atoms with E-state index in [9.17, 15) is 9.59 Å². The van der Waals surface area contributed by atoms with Crippen LogP contribution in [0.2, 0.25) is 0 Å². The summed E-state index contributed by atoms with van der Waals surface area (Å²) in [6.07, 6.45) is 0.112. The molecule has 156 valence electrons. The van der Waals surface area contributed by atoms with Crippen LogP contribution in [0.3, 0.4) is 0 Å². The summed E-state index contributed by atoms with van der Waals surface area (Å²) in [6.45, 7) is 4.06. The van der Waals surface area contributed by atoms with E-state index in [2.05, 4.69) is 22.3 Å². The number of nitrogens with one attached hydrogen (secondary N) is 1. The van der Waals surface area contributed by atoms with Crippen LogP contribution in [0.4, 0.5) is 0 Å². The third-order valence-electron chi connectivity index (χ3n) is 5.07. The van der Waals surface area contributed by atoms with Crippen LogP contribution in [-0.2, 0) is 16.1 Å². The van der Waals surface area contributed by atoms with E-state index in [1.807, 2.05) is 35.7 Å². The van der Waals surface area contributed by atoms with Crippen LogP contribution in [0.15, 0.2) is 53.9 Å². The molecule has 1 aromatic heterocycles. The van der Waals surface area contributed by atoms with Crippen molar-refractivity contribution in [3.63, 3.8) is 0 Å². The number of nitrogens with zero attached hydrogens (tertiary/aromatic N) is 1. The molecular formula is C23H24N2O4S. The highest BCUT2D eigenvalue weighted by Gasteiger charge is 2.18. The summed E-state index contributed by atoms with van der Waals surface area (Å²) in [5.74, 6) is 0.0475. The van der Waals surface area contributed by atoms with E-state index in [1.165, 1.54) is 11.3 Å². The zero-order valence-corrected chi connectivity index (χ0v) is 17.5. The molecule has 0 unspecified atom stereocenters. The number of rotatable bonds is 7. The molecule has 3 aromatic rings. The fourth-order valence-electron chi connectivity index (χ4n) is 3.50. The van der Waals surface area contributed by atoms with Crippen molar-refractivity contribution >= 4 is 34.0 Å². The van der Waals surface area contributed by atoms with E-state index in [1.54, 1.807) is 6.07 Å². The van der Waals surface area contributed by atoms with Gasteiger partial charge in [-0.2, -0.15) is 0 Å².